The highest BCUT2D eigenvalue weighted by Gasteiger charge is 2.27. The van der Waals surface area contributed by atoms with Crippen LogP contribution in [0.2, 0.25) is 0 Å². The molecule has 0 unspecified atom stereocenters. The molecule has 1 aromatic carbocycles. The second kappa shape index (κ2) is 6.44. The highest BCUT2D eigenvalue weighted by atomic mass is 32.2. The average Bonchev–Trinajstić information content (AvgIpc) is 3.20. The largest absolute Gasteiger partial charge is 0.338 e. The number of hydrogen-bond acceptors (Lipinski definition) is 3. The third-order valence-electron chi connectivity index (χ3n) is 2.99. The number of carbonyl (C=O) groups is 1. The summed E-state index contributed by atoms with van der Waals surface area (Å²) in [5, 5.41) is 5.39. The van der Waals surface area contributed by atoms with Crippen LogP contribution in [0.4, 0.5) is 10.5 Å². The number of rotatable bonds is 6. The van der Waals surface area contributed by atoms with Crippen molar-refractivity contribution in [3.8, 4) is 0 Å². The molecule has 0 saturated heterocycles. The molecule has 2 amide bonds. The van der Waals surface area contributed by atoms with Crippen molar-refractivity contribution in [2.75, 3.05) is 11.9 Å². The molecule has 0 atom stereocenters. The van der Waals surface area contributed by atoms with Crippen LogP contribution < -0.4 is 15.4 Å². The number of amides is 2. The van der Waals surface area contributed by atoms with Crippen molar-refractivity contribution >= 4 is 21.7 Å². The molecule has 1 aliphatic rings. The Balaban J connectivity index is 1.93. The van der Waals surface area contributed by atoms with E-state index in [4.69, 9.17) is 0 Å². The summed E-state index contributed by atoms with van der Waals surface area (Å²) in [6, 6.07) is 5.92. The van der Waals surface area contributed by atoms with E-state index in [2.05, 4.69) is 15.4 Å². The van der Waals surface area contributed by atoms with E-state index < -0.39 is 10.0 Å². The van der Waals surface area contributed by atoms with Gasteiger partial charge in [0.05, 0.1) is 4.90 Å². The zero-order chi connectivity index (χ0) is 15.5. The van der Waals surface area contributed by atoms with Crippen molar-refractivity contribution in [1.82, 2.24) is 10.0 Å². The van der Waals surface area contributed by atoms with E-state index in [0.717, 1.165) is 12.8 Å². The van der Waals surface area contributed by atoms with Crippen molar-refractivity contribution in [3.05, 3.63) is 24.3 Å². The lowest BCUT2D eigenvalue weighted by atomic mass is 10.2. The standard InChI is InChI=1S/C14H21N3O3S/c1-10(2)9-15-14(18)16-11-5-7-13(8-6-11)21(19,20)17-12-3-4-12/h5-8,10,12,17H,3-4,9H2,1-2H3,(H2,15,16,18). The number of sulfonamides is 1. The number of anilines is 1. The lowest BCUT2D eigenvalue weighted by Crippen LogP contribution is -2.31. The van der Waals surface area contributed by atoms with Gasteiger partial charge in [0.25, 0.3) is 0 Å². The fourth-order valence-corrected chi connectivity index (χ4v) is 2.98. The van der Waals surface area contributed by atoms with Gasteiger partial charge in [0.15, 0.2) is 0 Å². The minimum atomic E-state index is -3.44. The number of nitrogens with one attached hydrogen (secondary N) is 3. The fourth-order valence-electron chi connectivity index (χ4n) is 1.68. The molecular formula is C14H21N3O3S. The number of urea groups is 1. The molecule has 1 fully saturated rings. The van der Waals surface area contributed by atoms with E-state index >= 15 is 0 Å². The molecule has 0 aromatic heterocycles. The first-order valence-electron chi connectivity index (χ1n) is 7.04. The van der Waals surface area contributed by atoms with Gasteiger partial charge in [-0.05, 0) is 43.0 Å². The molecule has 0 aliphatic heterocycles. The zero-order valence-corrected chi connectivity index (χ0v) is 13.0. The second-order valence-electron chi connectivity index (χ2n) is 5.65. The third-order valence-corrected chi connectivity index (χ3v) is 4.53. The molecule has 0 bridgehead atoms. The second-order valence-corrected chi connectivity index (χ2v) is 7.36. The summed E-state index contributed by atoms with van der Waals surface area (Å²) in [6.45, 7) is 4.60. The van der Waals surface area contributed by atoms with Crippen LogP contribution in [0.3, 0.4) is 0 Å². The molecule has 21 heavy (non-hydrogen) atoms. The lowest BCUT2D eigenvalue weighted by Gasteiger charge is -2.10. The van der Waals surface area contributed by atoms with Gasteiger partial charge in [-0.1, -0.05) is 13.8 Å². The van der Waals surface area contributed by atoms with Gasteiger partial charge in [0.1, 0.15) is 0 Å². The monoisotopic (exact) mass is 311 g/mol. The third kappa shape index (κ3) is 5.02. The van der Waals surface area contributed by atoms with Crippen molar-refractivity contribution in [2.24, 2.45) is 5.92 Å². The van der Waals surface area contributed by atoms with Crippen LogP contribution in [0, 0.1) is 5.92 Å². The van der Waals surface area contributed by atoms with Crippen molar-refractivity contribution in [3.63, 3.8) is 0 Å². The molecule has 1 saturated carbocycles. The maximum atomic E-state index is 12.0. The van der Waals surface area contributed by atoms with Gasteiger partial charge in [0.2, 0.25) is 10.0 Å². The van der Waals surface area contributed by atoms with E-state index in [1.54, 1.807) is 12.1 Å². The number of hydrogen-bond donors (Lipinski definition) is 3. The Kier molecular flexibility index (Phi) is 4.84. The summed E-state index contributed by atoms with van der Waals surface area (Å²) in [7, 11) is -3.44. The van der Waals surface area contributed by atoms with Gasteiger partial charge in [-0.15, -0.1) is 0 Å². The first-order chi connectivity index (χ1) is 9.87. The van der Waals surface area contributed by atoms with Crippen LogP contribution in [-0.4, -0.2) is 27.0 Å². The van der Waals surface area contributed by atoms with Gasteiger partial charge in [-0.2, -0.15) is 0 Å². The number of benzene rings is 1. The molecule has 1 aromatic rings. The first kappa shape index (κ1) is 15.8. The molecule has 1 aliphatic carbocycles. The van der Waals surface area contributed by atoms with Crippen LogP contribution in [-0.2, 0) is 10.0 Å². The molecule has 0 heterocycles. The highest BCUT2D eigenvalue weighted by molar-refractivity contribution is 7.89. The molecule has 0 spiro atoms. The van der Waals surface area contributed by atoms with Crippen LogP contribution >= 0.6 is 0 Å². The SMILES string of the molecule is CC(C)CNC(=O)Nc1ccc(S(=O)(=O)NC2CC2)cc1. The predicted octanol–water partition coefficient (Wildman–Crippen LogP) is 1.90. The molecule has 0 radical (unpaired) electrons. The van der Waals surface area contributed by atoms with Gasteiger partial charge in [-0.3, -0.25) is 0 Å². The quantitative estimate of drug-likeness (QED) is 0.750. The Morgan fingerprint density at radius 3 is 2.38 bits per heavy atom. The van der Waals surface area contributed by atoms with E-state index in [1.165, 1.54) is 12.1 Å². The Hall–Kier alpha value is -1.60. The molecule has 116 valence electrons. The molecule has 7 heteroatoms. The highest BCUT2D eigenvalue weighted by Crippen LogP contribution is 2.22. The van der Waals surface area contributed by atoms with Gasteiger partial charge in [-0.25, -0.2) is 17.9 Å². The van der Waals surface area contributed by atoms with Crippen LogP contribution in [0.1, 0.15) is 26.7 Å². The average molecular weight is 311 g/mol. The maximum Gasteiger partial charge on any atom is 0.319 e. The van der Waals surface area contributed by atoms with Crippen LogP contribution in [0.25, 0.3) is 0 Å². The van der Waals surface area contributed by atoms with Crippen molar-refractivity contribution in [1.29, 1.82) is 0 Å². The summed E-state index contributed by atoms with van der Waals surface area (Å²) in [5.41, 5.74) is 0.557. The minimum absolute atomic E-state index is 0.0783. The van der Waals surface area contributed by atoms with Crippen molar-refractivity contribution in [2.45, 2.75) is 37.6 Å². The smallest absolute Gasteiger partial charge is 0.319 e. The van der Waals surface area contributed by atoms with Crippen molar-refractivity contribution < 1.29 is 13.2 Å². The zero-order valence-electron chi connectivity index (χ0n) is 12.2. The molecule has 6 nitrogen and oxygen atoms in total. The molecular weight excluding hydrogens is 290 g/mol. The molecule has 3 N–H and O–H groups in total. The van der Waals surface area contributed by atoms with E-state index in [-0.39, 0.29) is 17.0 Å². The van der Waals surface area contributed by atoms with Gasteiger partial charge < -0.3 is 10.6 Å². The van der Waals surface area contributed by atoms with Crippen LogP contribution in [0.15, 0.2) is 29.2 Å². The van der Waals surface area contributed by atoms with Gasteiger partial charge >= 0.3 is 6.03 Å². The molecule has 2 rings (SSSR count). The van der Waals surface area contributed by atoms with Crippen LogP contribution in [0.5, 0.6) is 0 Å². The summed E-state index contributed by atoms with van der Waals surface area (Å²) in [6.07, 6.45) is 1.80. The van der Waals surface area contributed by atoms with Gasteiger partial charge in [0, 0.05) is 18.3 Å². The summed E-state index contributed by atoms with van der Waals surface area (Å²) < 4.78 is 26.6. The Morgan fingerprint density at radius 2 is 1.86 bits per heavy atom. The summed E-state index contributed by atoms with van der Waals surface area (Å²) in [5.74, 6) is 0.372. The fraction of sp³-hybridized carbons (Fsp3) is 0.500. The number of carbonyl (C=O) groups excluding carboxylic acids is 1. The predicted molar refractivity (Wildman–Crippen MR) is 81.6 cm³/mol. The minimum Gasteiger partial charge on any atom is -0.338 e. The van der Waals surface area contributed by atoms with E-state index in [0.29, 0.717) is 18.2 Å². The normalized spacial score (nSPS) is 15.0. The Labute approximate surface area is 125 Å². The Bertz CT molecular complexity index is 592. The lowest BCUT2D eigenvalue weighted by molar-refractivity contribution is 0.251. The Morgan fingerprint density at radius 1 is 1.24 bits per heavy atom. The summed E-state index contributed by atoms with van der Waals surface area (Å²) in [4.78, 5) is 11.8. The topological polar surface area (TPSA) is 87.3 Å². The van der Waals surface area contributed by atoms with E-state index in [9.17, 15) is 13.2 Å². The van der Waals surface area contributed by atoms with E-state index in [1.807, 2.05) is 13.8 Å². The maximum absolute atomic E-state index is 12.0. The first-order valence-corrected chi connectivity index (χ1v) is 8.52. The summed E-state index contributed by atoms with van der Waals surface area (Å²) >= 11 is 0.